The van der Waals surface area contributed by atoms with E-state index in [0.717, 1.165) is 64.6 Å². The Kier molecular flexibility index (Phi) is 4.09. The smallest absolute Gasteiger partial charge is 0.227 e. The molecule has 1 aliphatic carbocycles. The van der Waals surface area contributed by atoms with E-state index in [0.29, 0.717) is 11.3 Å². The molecule has 0 spiro atoms. The summed E-state index contributed by atoms with van der Waals surface area (Å²) in [5.74, 6) is -0.611. The lowest BCUT2D eigenvalue weighted by Gasteiger charge is -2.17. The highest BCUT2D eigenvalue weighted by Crippen LogP contribution is 2.39. The molecule has 3 nitrogen and oxygen atoms in total. The molecule has 5 rings (SSSR count). The Bertz CT molecular complexity index is 1410. The monoisotopic (exact) mass is 416 g/mol. The molecular formula is C28H33N2O+. The minimum atomic E-state index is -1.46. The molecular weight excluding hydrogens is 380 g/mol. The second kappa shape index (κ2) is 7.47. The van der Waals surface area contributed by atoms with Crippen molar-refractivity contribution in [1.29, 1.82) is 0 Å². The summed E-state index contributed by atoms with van der Waals surface area (Å²) in [4.78, 5) is 4.82. The minimum Gasteiger partial charge on any atom is -0.437 e. The number of pyridine rings is 2. The van der Waals surface area contributed by atoms with Crippen molar-refractivity contribution < 1.29 is 13.1 Å². The summed E-state index contributed by atoms with van der Waals surface area (Å²) >= 11 is 0. The zero-order valence-electron chi connectivity index (χ0n) is 22.2. The van der Waals surface area contributed by atoms with Crippen molar-refractivity contribution in [2.75, 3.05) is 0 Å². The molecule has 1 aliphatic rings. The maximum Gasteiger partial charge on any atom is 0.227 e. The number of rotatable bonds is 3. The summed E-state index contributed by atoms with van der Waals surface area (Å²) in [6.07, 6.45) is 4.28. The molecule has 1 aromatic carbocycles. The molecule has 4 aromatic rings. The SMILES string of the molecule is [2H]C1(c2ccc3c(n2)oc2c(-c4ccc(C([2H])([2H])C(C)(C)C)c[n+]4C)c(C)ccc23)CCCC1. The van der Waals surface area contributed by atoms with E-state index < -0.39 is 17.7 Å². The van der Waals surface area contributed by atoms with Gasteiger partial charge in [-0.3, -0.25) is 0 Å². The van der Waals surface area contributed by atoms with Gasteiger partial charge >= 0.3 is 0 Å². The van der Waals surface area contributed by atoms with E-state index in [1.807, 2.05) is 56.8 Å². The van der Waals surface area contributed by atoms with Crippen molar-refractivity contribution in [3.05, 3.63) is 59.4 Å². The van der Waals surface area contributed by atoms with E-state index in [9.17, 15) is 0 Å². The minimum absolute atomic E-state index is 0.520. The molecule has 1 saturated carbocycles. The highest BCUT2D eigenvalue weighted by atomic mass is 16.3. The molecule has 0 radical (unpaired) electrons. The first-order chi connectivity index (χ1) is 15.9. The molecule has 0 saturated heterocycles. The van der Waals surface area contributed by atoms with Crippen LogP contribution in [0, 0.1) is 12.3 Å². The fourth-order valence-corrected chi connectivity index (χ4v) is 4.77. The van der Waals surface area contributed by atoms with Crippen LogP contribution in [0.2, 0.25) is 0 Å². The summed E-state index contributed by atoms with van der Waals surface area (Å²) < 4.78 is 34.5. The van der Waals surface area contributed by atoms with Crippen molar-refractivity contribution in [2.45, 2.75) is 65.6 Å². The van der Waals surface area contributed by atoms with E-state index in [-0.39, 0.29) is 0 Å². The van der Waals surface area contributed by atoms with Crippen LogP contribution in [0.15, 0.2) is 47.0 Å². The highest BCUT2D eigenvalue weighted by Gasteiger charge is 2.24. The van der Waals surface area contributed by atoms with Crippen LogP contribution in [0.25, 0.3) is 33.3 Å². The first-order valence-corrected chi connectivity index (χ1v) is 11.3. The van der Waals surface area contributed by atoms with Crippen molar-refractivity contribution in [3.63, 3.8) is 0 Å². The molecule has 31 heavy (non-hydrogen) atoms. The van der Waals surface area contributed by atoms with Crippen LogP contribution in [-0.4, -0.2) is 4.98 Å². The van der Waals surface area contributed by atoms with E-state index in [4.69, 9.17) is 13.5 Å². The van der Waals surface area contributed by atoms with E-state index in [1.165, 1.54) is 0 Å². The number of benzene rings is 1. The van der Waals surface area contributed by atoms with Gasteiger partial charge in [-0.15, -0.1) is 0 Å². The fraction of sp³-hybridized carbons (Fsp3) is 0.429. The third-order valence-corrected chi connectivity index (χ3v) is 6.19. The predicted molar refractivity (Wildman–Crippen MR) is 127 cm³/mol. The number of hydrogen-bond acceptors (Lipinski definition) is 2. The first kappa shape index (κ1) is 16.9. The maximum absolute atomic E-state index is 8.85. The van der Waals surface area contributed by atoms with Crippen LogP contribution in [0.3, 0.4) is 0 Å². The zero-order chi connectivity index (χ0) is 24.5. The molecule has 0 unspecified atom stereocenters. The Hall–Kier alpha value is -2.68. The van der Waals surface area contributed by atoms with Crippen molar-refractivity contribution in [1.82, 2.24) is 4.98 Å². The van der Waals surface area contributed by atoms with Gasteiger partial charge in [-0.1, -0.05) is 45.7 Å². The molecule has 0 bridgehead atoms. The molecule has 0 atom stereocenters. The number of hydrogen-bond donors (Lipinski definition) is 0. The Morgan fingerprint density at radius 1 is 1.10 bits per heavy atom. The van der Waals surface area contributed by atoms with Gasteiger partial charge in [0.05, 0.1) is 5.56 Å². The van der Waals surface area contributed by atoms with Crippen molar-refractivity contribution in [3.8, 4) is 11.3 Å². The van der Waals surface area contributed by atoms with Gasteiger partial charge in [0, 0.05) is 38.1 Å². The summed E-state index contributed by atoms with van der Waals surface area (Å²) in [7, 11) is 1.96. The van der Waals surface area contributed by atoms with E-state index in [1.54, 1.807) is 0 Å². The standard InChI is InChI=1S/C28H33N2O/c1-18-10-12-21-22-13-14-23(20-8-6-7-9-20)29-27(22)31-26(21)25(18)24-15-11-19(17-30(24)5)16-28(2,3)4/h10-15,17,20H,6-9,16H2,1-5H3/q+1/i16D2,20D. The van der Waals surface area contributed by atoms with Gasteiger partial charge in [-0.2, -0.15) is 0 Å². The Balaban J connectivity index is 1.67. The van der Waals surface area contributed by atoms with Crippen molar-refractivity contribution >= 4 is 22.1 Å². The van der Waals surface area contributed by atoms with Crippen LogP contribution in [0.1, 0.15) is 73.3 Å². The maximum atomic E-state index is 8.85. The molecule has 1 fully saturated rings. The Morgan fingerprint density at radius 2 is 1.84 bits per heavy atom. The average molecular weight is 417 g/mol. The highest BCUT2D eigenvalue weighted by molar-refractivity contribution is 6.08. The molecule has 3 heterocycles. The number of aromatic nitrogens is 2. The molecule has 0 aliphatic heterocycles. The second-order valence-corrected chi connectivity index (χ2v) is 9.88. The quantitative estimate of drug-likeness (QED) is 0.336. The van der Waals surface area contributed by atoms with Gasteiger partial charge in [-0.25, -0.2) is 9.55 Å². The summed E-state index contributed by atoms with van der Waals surface area (Å²) in [6.45, 7) is 7.84. The third kappa shape index (κ3) is 3.75. The van der Waals surface area contributed by atoms with Gasteiger partial charge < -0.3 is 4.42 Å². The molecule has 3 aromatic heterocycles. The van der Waals surface area contributed by atoms with Gasteiger partial charge in [0.15, 0.2) is 11.8 Å². The number of fused-ring (bicyclic) bond motifs is 3. The zero-order valence-corrected chi connectivity index (χ0v) is 19.2. The lowest BCUT2D eigenvalue weighted by Crippen LogP contribution is -2.32. The number of nitrogens with zero attached hydrogens (tertiary/aromatic N) is 2. The number of aryl methyl sites for hydroxylation is 2. The molecule has 3 heteroatoms. The van der Waals surface area contributed by atoms with Gasteiger partial charge in [0.1, 0.15) is 7.05 Å². The van der Waals surface area contributed by atoms with Crippen LogP contribution in [0.4, 0.5) is 0 Å². The van der Waals surface area contributed by atoms with Crippen LogP contribution < -0.4 is 4.57 Å². The van der Waals surface area contributed by atoms with Crippen molar-refractivity contribution in [2.24, 2.45) is 12.5 Å². The van der Waals surface area contributed by atoms with E-state index >= 15 is 0 Å². The number of furan rings is 1. The third-order valence-electron chi connectivity index (χ3n) is 6.19. The lowest BCUT2D eigenvalue weighted by atomic mass is 9.88. The first-order valence-electron chi connectivity index (χ1n) is 12.8. The summed E-state index contributed by atoms with van der Waals surface area (Å²) in [5, 5.41) is 1.97. The Morgan fingerprint density at radius 3 is 2.55 bits per heavy atom. The summed E-state index contributed by atoms with van der Waals surface area (Å²) in [6, 6.07) is 12.1. The van der Waals surface area contributed by atoms with Gasteiger partial charge in [0.2, 0.25) is 11.4 Å². The van der Waals surface area contributed by atoms with Crippen LogP contribution >= 0.6 is 0 Å². The topological polar surface area (TPSA) is 29.9 Å². The van der Waals surface area contributed by atoms with Gasteiger partial charge in [0.25, 0.3) is 0 Å². The lowest BCUT2D eigenvalue weighted by molar-refractivity contribution is -0.660. The molecule has 0 amide bonds. The fourth-order valence-electron chi connectivity index (χ4n) is 4.77. The second-order valence-electron chi connectivity index (χ2n) is 9.88. The Labute approximate surface area is 189 Å². The van der Waals surface area contributed by atoms with E-state index in [2.05, 4.69) is 25.1 Å². The van der Waals surface area contributed by atoms with Crippen LogP contribution in [-0.2, 0) is 13.4 Å². The van der Waals surface area contributed by atoms with Crippen LogP contribution in [0.5, 0.6) is 0 Å². The predicted octanol–water partition coefficient (Wildman–Crippen LogP) is 7.03. The largest absolute Gasteiger partial charge is 0.437 e. The normalized spacial score (nSPS) is 18.3. The molecule has 0 N–H and O–H groups in total. The van der Waals surface area contributed by atoms with Gasteiger partial charge in [-0.05, 0) is 55.3 Å². The summed E-state index contributed by atoms with van der Waals surface area (Å²) in [5.41, 5.74) is 5.34. The average Bonchev–Trinajstić information content (AvgIpc) is 3.37. The molecule has 160 valence electrons.